The maximum atomic E-state index is 4.87. The average molecular weight is 320 g/mol. The van der Waals surface area contributed by atoms with Crippen LogP contribution in [-0.2, 0) is 10.8 Å². The number of rotatable bonds is 0. The van der Waals surface area contributed by atoms with Gasteiger partial charge in [0.1, 0.15) is 0 Å². The second-order valence-corrected chi connectivity index (χ2v) is 8.05. The first kappa shape index (κ1) is 14.5. The molecular weight excluding hydrogens is 298 g/mol. The van der Waals surface area contributed by atoms with Crippen molar-refractivity contribution in [2.45, 2.75) is 52.4 Å². The highest BCUT2D eigenvalue weighted by molar-refractivity contribution is 9.10. The number of hydrogen-bond acceptors (Lipinski definition) is 1. The quantitative estimate of drug-likeness (QED) is 0.616. The minimum atomic E-state index is 0.0590. The number of aromatic nitrogens is 1. The van der Waals surface area contributed by atoms with E-state index >= 15 is 0 Å². The van der Waals surface area contributed by atoms with Gasteiger partial charge in [0.15, 0.2) is 0 Å². The second-order valence-electron chi connectivity index (χ2n) is 7.19. The lowest BCUT2D eigenvalue weighted by Crippen LogP contribution is -2.18. The minimum absolute atomic E-state index is 0.0590. The van der Waals surface area contributed by atoms with Gasteiger partial charge in [-0.05, 0) is 39.0 Å². The molecule has 0 atom stereocenters. The number of para-hydroxylation sites is 1. The summed E-state index contributed by atoms with van der Waals surface area (Å²) in [5.74, 6) is 0. The third-order valence-corrected chi connectivity index (χ3v) is 4.01. The van der Waals surface area contributed by atoms with Crippen LogP contribution in [0, 0.1) is 0 Å². The van der Waals surface area contributed by atoms with Crippen LogP contribution < -0.4 is 0 Å². The monoisotopic (exact) mass is 319 g/mol. The van der Waals surface area contributed by atoms with E-state index in [4.69, 9.17) is 4.98 Å². The van der Waals surface area contributed by atoms with E-state index in [-0.39, 0.29) is 10.8 Å². The van der Waals surface area contributed by atoms with Gasteiger partial charge in [0.25, 0.3) is 0 Å². The molecule has 0 saturated heterocycles. The first-order chi connectivity index (χ1) is 8.60. The van der Waals surface area contributed by atoms with Crippen LogP contribution in [0.1, 0.15) is 52.8 Å². The van der Waals surface area contributed by atoms with Gasteiger partial charge in [0.2, 0.25) is 0 Å². The lowest BCUT2D eigenvalue weighted by molar-refractivity contribution is 0.558. The maximum Gasteiger partial charge on any atom is 0.0850 e. The summed E-state index contributed by atoms with van der Waals surface area (Å²) in [6.07, 6.45) is 0. The Bertz CT molecular complexity index is 615. The summed E-state index contributed by atoms with van der Waals surface area (Å²) in [5, 5.41) is 1.25. The standard InChI is InChI=1S/C17H22BrN/c1-16(2,3)12-10-14(17(4,5)6)19-15-11(12)8-7-9-13(15)18/h7-10H,1-6H3. The van der Waals surface area contributed by atoms with Crippen LogP contribution in [0.4, 0.5) is 0 Å². The highest BCUT2D eigenvalue weighted by Gasteiger charge is 2.23. The molecular formula is C17H22BrN. The maximum absolute atomic E-state index is 4.87. The number of pyridine rings is 1. The van der Waals surface area contributed by atoms with Gasteiger partial charge in [-0.2, -0.15) is 0 Å². The molecule has 2 aromatic rings. The Morgan fingerprint density at radius 3 is 2.11 bits per heavy atom. The first-order valence-electron chi connectivity index (χ1n) is 6.71. The molecule has 0 saturated carbocycles. The fraction of sp³-hybridized carbons (Fsp3) is 0.471. The molecule has 0 fully saturated rings. The fourth-order valence-corrected chi connectivity index (χ4v) is 2.67. The summed E-state index contributed by atoms with van der Waals surface area (Å²) in [4.78, 5) is 4.87. The normalized spacial score (nSPS) is 13.0. The number of nitrogens with zero attached hydrogens (tertiary/aromatic N) is 1. The van der Waals surface area contributed by atoms with E-state index in [0.717, 1.165) is 15.7 Å². The third kappa shape index (κ3) is 2.84. The zero-order valence-corrected chi connectivity index (χ0v) is 14.2. The highest BCUT2D eigenvalue weighted by atomic mass is 79.9. The molecule has 1 nitrogen and oxygen atoms in total. The van der Waals surface area contributed by atoms with Gasteiger partial charge in [-0.25, -0.2) is 0 Å². The lowest BCUT2D eigenvalue weighted by atomic mass is 9.81. The average Bonchev–Trinajstić information content (AvgIpc) is 2.25. The summed E-state index contributed by atoms with van der Waals surface area (Å²) in [7, 11) is 0. The Labute approximate surface area is 124 Å². The summed E-state index contributed by atoms with van der Waals surface area (Å²) < 4.78 is 1.07. The van der Waals surface area contributed by atoms with E-state index in [2.05, 4.69) is 81.7 Å². The predicted molar refractivity (Wildman–Crippen MR) is 86.8 cm³/mol. The molecule has 0 unspecified atom stereocenters. The van der Waals surface area contributed by atoms with Gasteiger partial charge in [-0.3, -0.25) is 4.98 Å². The van der Waals surface area contributed by atoms with Gasteiger partial charge >= 0.3 is 0 Å². The smallest absolute Gasteiger partial charge is 0.0850 e. The largest absolute Gasteiger partial charge is 0.251 e. The minimum Gasteiger partial charge on any atom is -0.251 e. The molecule has 0 aliphatic heterocycles. The fourth-order valence-electron chi connectivity index (χ4n) is 2.22. The number of hydrogen-bond donors (Lipinski definition) is 0. The molecule has 0 aliphatic carbocycles. The highest BCUT2D eigenvalue weighted by Crippen LogP contribution is 2.35. The Morgan fingerprint density at radius 1 is 0.947 bits per heavy atom. The molecule has 19 heavy (non-hydrogen) atoms. The molecule has 0 aliphatic rings. The van der Waals surface area contributed by atoms with Crippen LogP contribution in [0.5, 0.6) is 0 Å². The molecule has 1 aromatic carbocycles. The topological polar surface area (TPSA) is 12.9 Å². The summed E-state index contributed by atoms with van der Waals surface area (Å²) in [6, 6.07) is 8.59. The van der Waals surface area contributed by atoms with E-state index in [0.29, 0.717) is 0 Å². The molecule has 1 aromatic heterocycles. The second kappa shape index (κ2) is 4.59. The van der Waals surface area contributed by atoms with Crippen molar-refractivity contribution in [1.29, 1.82) is 0 Å². The predicted octanol–water partition coefficient (Wildman–Crippen LogP) is 5.59. The molecule has 102 valence electrons. The molecule has 1 heterocycles. The van der Waals surface area contributed by atoms with Crippen LogP contribution in [0.15, 0.2) is 28.7 Å². The Kier molecular flexibility index (Phi) is 3.51. The van der Waals surface area contributed by atoms with Gasteiger partial charge in [0, 0.05) is 21.0 Å². The Hall–Kier alpha value is -0.890. The van der Waals surface area contributed by atoms with Gasteiger partial charge in [0.05, 0.1) is 5.52 Å². The molecule has 2 rings (SSSR count). The number of fused-ring (bicyclic) bond motifs is 1. The lowest BCUT2D eigenvalue weighted by Gasteiger charge is -2.26. The van der Waals surface area contributed by atoms with Crippen molar-refractivity contribution in [1.82, 2.24) is 4.98 Å². The molecule has 2 heteroatoms. The van der Waals surface area contributed by atoms with Crippen molar-refractivity contribution >= 4 is 26.8 Å². The van der Waals surface area contributed by atoms with Crippen LogP contribution >= 0.6 is 15.9 Å². The van der Waals surface area contributed by atoms with E-state index in [1.807, 2.05) is 0 Å². The van der Waals surface area contributed by atoms with Crippen molar-refractivity contribution in [3.63, 3.8) is 0 Å². The van der Waals surface area contributed by atoms with Gasteiger partial charge in [-0.15, -0.1) is 0 Å². The van der Waals surface area contributed by atoms with Crippen molar-refractivity contribution in [3.8, 4) is 0 Å². The summed E-state index contributed by atoms with van der Waals surface area (Å²) >= 11 is 3.64. The van der Waals surface area contributed by atoms with Crippen molar-refractivity contribution < 1.29 is 0 Å². The Balaban J connectivity index is 2.89. The number of benzene rings is 1. The van der Waals surface area contributed by atoms with Gasteiger partial charge < -0.3 is 0 Å². The molecule has 0 bridgehead atoms. The van der Waals surface area contributed by atoms with Gasteiger partial charge in [-0.1, -0.05) is 53.7 Å². The van der Waals surface area contributed by atoms with Crippen LogP contribution in [0.3, 0.4) is 0 Å². The SMILES string of the molecule is CC(C)(C)c1cc(C(C)(C)C)c2cccc(Br)c2n1. The van der Waals surface area contributed by atoms with Crippen LogP contribution in [-0.4, -0.2) is 4.98 Å². The van der Waals surface area contributed by atoms with E-state index in [1.165, 1.54) is 10.9 Å². The third-order valence-electron chi connectivity index (χ3n) is 3.37. The zero-order valence-electron chi connectivity index (χ0n) is 12.6. The van der Waals surface area contributed by atoms with Crippen LogP contribution in [0.25, 0.3) is 10.9 Å². The van der Waals surface area contributed by atoms with E-state index in [1.54, 1.807) is 0 Å². The first-order valence-corrected chi connectivity index (χ1v) is 7.50. The summed E-state index contributed by atoms with van der Waals surface area (Å²) in [6.45, 7) is 13.4. The number of halogens is 1. The zero-order chi connectivity index (χ0) is 14.4. The van der Waals surface area contributed by atoms with Crippen molar-refractivity contribution in [3.05, 3.63) is 40.0 Å². The molecule has 0 radical (unpaired) electrons. The molecule has 0 amide bonds. The van der Waals surface area contributed by atoms with Crippen LogP contribution in [0.2, 0.25) is 0 Å². The van der Waals surface area contributed by atoms with Crippen molar-refractivity contribution in [2.75, 3.05) is 0 Å². The Morgan fingerprint density at radius 2 is 1.58 bits per heavy atom. The summed E-state index contributed by atoms with van der Waals surface area (Å²) in [5.41, 5.74) is 3.76. The van der Waals surface area contributed by atoms with E-state index in [9.17, 15) is 0 Å². The van der Waals surface area contributed by atoms with E-state index < -0.39 is 0 Å². The van der Waals surface area contributed by atoms with Crippen molar-refractivity contribution in [2.24, 2.45) is 0 Å². The molecule has 0 N–H and O–H groups in total. The molecule has 0 spiro atoms.